The molecular formula is C39H40N4O8. The lowest BCUT2D eigenvalue weighted by Gasteiger charge is -2.10. The highest BCUT2D eigenvalue weighted by molar-refractivity contribution is 5.92. The standard InChI is InChI=1S/C39H40N4O8/c1-48-34-24-28(20-22-32(34)50-38(46)30-14-8-6-9-15-30)26-40-42-36(44)18-12-4-3-5-13-19-37(45)43-41-27-29-21-23-33(35(25-29)49-2)51-39(47)31-16-10-7-11-17-31/h6-11,14-17,20-27H,3-5,12-13,18-19H2,1-2H3,(H,42,44)(H,43,45)/b40-26+,41-27+. The normalized spacial score (nSPS) is 10.9. The predicted molar refractivity (Wildman–Crippen MR) is 193 cm³/mol. The highest BCUT2D eigenvalue weighted by atomic mass is 16.6. The van der Waals surface area contributed by atoms with Crippen molar-refractivity contribution in [2.75, 3.05) is 14.2 Å². The van der Waals surface area contributed by atoms with E-state index in [2.05, 4.69) is 21.1 Å². The highest BCUT2D eigenvalue weighted by Crippen LogP contribution is 2.29. The quantitative estimate of drug-likeness (QED) is 0.0395. The first-order valence-corrected chi connectivity index (χ1v) is 16.4. The number of ether oxygens (including phenoxy) is 4. The summed E-state index contributed by atoms with van der Waals surface area (Å²) in [5.41, 5.74) is 7.19. The molecule has 0 bridgehead atoms. The molecule has 0 heterocycles. The number of hydrogen-bond donors (Lipinski definition) is 2. The first-order valence-electron chi connectivity index (χ1n) is 16.4. The van der Waals surface area contributed by atoms with E-state index in [9.17, 15) is 19.2 Å². The molecule has 4 aromatic carbocycles. The minimum Gasteiger partial charge on any atom is -0.493 e. The molecule has 0 unspecified atom stereocenters. The molecule has 0 atom stereocenters. The molecule has 0 aliphatic rings. The first kappa shape index (κ1) is 37.5. The molecule has 0 aliphatic carbocycles. The molecule has 12 heteroatoms. The lowest BCUT2D eigenvalue weighted by molar-refractivity contribution is -0.121. The van der Waals surface area contributed by atoms with Gasteiger partial charge < -0.3 is 18.9 Å². The molecule has 4 rings (SSSR count). The molecular weight excluding hydrogens is 652 g/mol. The molecule has 264 valence electrons. The maximum absolute atomic E-state index is 12.4. The van der Waals surface area contributed by atoms with Gasteiger partial charge in [0.2, 0.25) is 11.8 Å². The molecule has 0 aromatic heterocycles. The van der Waals surface area contributed by atoms with Crippen LogP contribution in [0.25, 0.3) is 0 Å². The van der Waals surface area contributed by atoms with E-state index in [0.717, 1.165) is 19.3 Å². The Bertz CT molecular complexity index is 1690. The van der Waals surface area contributed by atoms with Gasteiger partial charge in [0.1, 0.15) is 0 Å². The fourth-order valence-electron chi connectivity index (χ4n) is 4.73. The Balaban J connectivity index is 1.07. The second-order valence-corrected chi connectivity index (χ2v) is 11.2. The number of nitrogens with one attached hydrogen (secondary N) is 2. The SMILES string of the molecule is COc1cc(/C=N/NC(=O)CCCCCCCC(=O)N/N=C/c2ccc(OC(=O)c3ccccc3)c(OC)c2)ccc1OC(=O)c1ccccc1. The number of nitrogens with zero attached hydrogens (tertiary/aromatic N) is 2. The van der Waals surface area contributed by atoms with Crippen LogP contribution >= 0.6 is 0 Å². The van der Waals surface area contributed by atoms with Crippen LogP contribution in [0.2, 0.25) is 0 Å². The monoisotopic (exact) mass is 692 g/mol. The lowest BCUT2D eigenvalue weighted by atomic mass is 10.1. The van der Waals surface area contributed by atoms with Gasteiger partial charge in [-0.1, -0.05) is 55.7 Å². The molecule has 51 heavy (non-hydrogen) atoms. The fraction of sp³-hybridized carbons (Fsp3) is 0.231. The van der Waals surface area contributed by atoms with Gasteiger partial charge in [0.25, 0.3) is 0 Å². The second-order valence-electron chi connectivity index (χ2n) is 11.2. The Morgan fingerprint density at radius 3 is 1.31 bits per heavy atom. The molecule has 0 spiro atoms. The number of carbonyl (C=O) groups excluding carboxylic acids is 4. The van der Waals surface area contributed by atoms with Crippen LogP contribution in [0.4, 0.5) is 0 Å². The summed E-state index contributed by atoms with van der Waals surface area (Å²) in [6.07, 6.45) is 7.58. The molecule has 4 aromatic rings. The molecule has 2 N–H and O–H groups in total. The first-order chi connectivity index (χ1) is 24.9. The number of benzene rings is 4. The lowest BCUT2D eigenvalue weighted by Crippen LogP contribution is -2.17. The van der Waals surface area contributed by atoms with Gasteiger partial charge in [-0.05, 0) is 84.6 Å². The van der Waals surface area contributed by atoms with Crippen LogP contribution in [0.1, 0.15) is 76.8 Å². The maximum atomic E-state index is 12.4. The van der Waals surface area contributed by atoms with Crippen molar-refractivity contribution >= 4 is 36.2 Å². The van der Waals surface area contributed by atoms with Crippen molar-refractivity contribution in [3.8, 4) is 23.0 Å². The van der Waals surface area contributed by atoms with Crippen LogP contribution in [-0.2, 0) is 9.59 Å². The Kier molecular flexibility index (Phi) is 14.9. The van der Waals surface area contributed by atoms with Crippen molar-refractivity contribution in [2.24, 2.45) is 10.2 Å². The van der Waals surface area contributed by atoms with Gasteiger partial charge in [0.05, 0.1) is 37.8 Å². The van der Waals surface area contributed by atoms with Crippen molar-refractivity contribution in [3.63, 3.8) is 0 Å². The second kappa shape index (κ2) is 20.3. The third-order valence-corrected chi connectivity index (χ3v) is 7.41. The molecule has 0 radical (unpaired) electrons. The van der Waals surface area contributed by atoms with Gasteiger partial charge in [0, 0.05) is 12.8 Å². The largest absolute Gasteiger partial charge is 0.493 e. The minimum absolute atomic E-state index is 0.204. The van der Waals surface area contributed by atoms with Gasteiger partial charge in [-0.3, -0.25) is 9.59 Å². The number of methoxy groups -OCH3 is 2. The van der Waals surface area contributed by atoms with Crippen LogP contribution in [0.5, 0.6) is 23.0 Å². The molecule has 0 aliphatic heterocycles. The van der Waals surface area contributed by atoms with Gasteiger partial charge in [0.15, 0.2) is 23.0 Å². The van der Waals surface area contributed by atoms with Crippen molar-refractivity contribution in [1.29, 1.82) is 0 Å². The number of carbonyl (C=O) groups is 4. The van der Waals surface area contributed by atoms with Crippen molar-refractivity contribution in [2.45, 2.75) is 44.9 Å². The summed E-state index contributed by atoms with van der Waals surface area (Å²) in [6.45, 7) is 0. The zero-order valence-electron chi connectivity index (χ0n) is 28.5. The van der Waals surface area contributed by atoms with Gasteiger partial charge in [-0.2, -0.15) is 10.2 Å². The van der Waals surface area contributed by atoms with E-state index < -0.39 is 11.9 Å². The van der Waals surface area contributed by atoms with Gasteiger partial charge in [-0.25, -0.2) is 20.4 Å². The van der Waals surface area contributed by atoms with Crippen molar-refractivity contribution in [3.05, 3.63) is 119 Å². The summed E-state index contributed by atoms with van der Waals surface area (Å²) in [5.74, 6) is -0.153. The van der Waals surface area contributed by atoms with Gasteiger partial charge in [-0.15, -0.1) is 0 Å². The molecule has 12 nitrogen and oxygen atoms in total. The average Bonchev–Trinajstić information content (AvgIpc) is 3.16. The number of rotatable bonds is 18. The summed E-state index contributed by atoms with van der Waals surface area (Å²) in [4.78, 5) is 49.1. The van der Waals surface area contributed by atoms with Crippen LogP contribution in [0, 0.1) is 0 Å². The van der Waals surface area contributed by atoms with E-state index in [1.165, 1.54) is 26.6 Å². The Labute approximate surface area is 296 Å². The van der Waals surface area contributed by atoms with E-state index >= 15 is 0 Å². The van der Waals surface area contributed by atoms with Crippen LogP contribution < -0.4 is 29.8 Å². The van der Waals surface area contributed by atoms with E-state index in [-0.39, 0.29) is 23.3 Å². The topological polar surface area (TPSA) is 154 Å². The molecule has 0 saturated heterocycles. The Morgan fingerprint density at radius 2 is 0.922 bits per heavy atom. The zero-order chi connectivity index (χ0) is 36.3. The minimum atomic E-state index is -0.498. The summed E-state index contributed by atoms with van der Waals surface area (Å²) in [6, 6.07) is 27.2. The third-order valence-electron chi connectivity index (χ3n) is 7.41. The van der Waals surface area contributed by atoms with Gasteiger partial charge >= 0.3 is 11.9 Å². The number of hydrogen-bond acceptors (Lipinski definition) is 10. The van der Waals surface area contributed by atoms with Crippen LogP contribution in [-0.4, -0.2) is 50.4 Å². The summed E-state index contributed by atoms with van der Waals surface area (Å²) in [7, 11) is 2.94. The Morgan fingerprint density at radius 1 is 0.529 bits per heavy atom. The third kappa shape index (κ3) is 12.6. The predicted octanol–water partition coefficient (Wildman–Crippen LogP) is 6.47. The number of unbranched alkanes of at least 4 members (excludes halogenated alkanes) is 4. The molecule has 0 saturated carbocycles. The van der Waals surface area contributed by atoms with E-state index in [4.69, 9.17) is 18.9 Å². The number of hydrazone groups is 2. The van der Waals surface area contributed by atoms with Crippen LogP contribution in [0.15, 0.2) is 107 Å². The summed E-state index contributed by atoms with van der Waals surface area (Å²) < 4.78 is 21.6. The maximum Gasteiger partial charge on any atom is 0.343 e. The van der Waals surface area contributed by atoms with Crippen LogP contribution in [0.3, 0.4) is 0 Å². The summed E-state index contributed by atoms with van der Waals surface area (Å²) >= 11 is 0. The fourth-order valence-corrected chi connectivity index (χ4v) is 4.73. The average molecular weight is 693 g/mol. The molecule has 2 amide bonds. The number of esters is 2. The van der Waals surface area contributed by atoms with E-state index in [1.54, 1.807) is 84.9 Å². The Hall–Kier alpha value is -6.30. The number of amides is 2. The highest BCUT2D eigenvalue weighted by Gasteiger charge is 2.14. The van der Waals surface area contributed by atoms with E-state index in [0.29, 0.717) is 59.4 Å². The van der Waals surface area contributed by atoms with E-state index in [1.807, 2.05) is 12.1 Å². The zero-order valence-corrected chi connectivity index (χ0v) is 28.5. The van der Waals surface area contributed by atoms with Crippen molar-refractivity contribution in [1.82, 2.24) is 10.9 Å². The van der Waals surface area contributed by atoms with Crippen molar-refractivity contribution < 1.29 is 38.1 Å². The smallest absolute Gasteiger partial charge is 0.343 e. The molecule has 0 fully saturated rings. The summed E-state index contributed by atoms with van der Waals surface area (Å²) in [5, 5.41) is 8.02.